The number of H-pyrrole nitrogens is 1. The van der Waals surface area contributed by atoms with Gasteiger partial charge in [-0.1, -0.05) is 21.1 Å². The quantitative estimate of drug-likeness (QED) is 0.756. The van der Waals surface area contributed by atoms with Crippen molar-refractivity contribution in [2.75, 3.05) is 5.73 Å². The fourth-order valence-electron chi connectivity index (χ4n) is 1.58. The van der Waals surface area contributed by atoms with Crippen LogP contribution in [0.1, 0.15) is 0 Å². The minimum absolute atomic E-state index is 0.220. The first-order valence-electron chi connectivity index (χ1n) is 5.23. The molecule has 1 aromatic carbocycles. The second-order valence-electron chi connectivity index (χ2n) is 3.74. The SMILES string of the molecule is Nc1[nH]ncc1-c1nc(-c2cc(F)ccc2Br)no1. The molecule has 2 heterocycles. The van der Waals surface area contributed by atoms with Crippen LogP contribution in [0.2, 0.25) is 0 Å². The summed E-state index contributed by atoms with van der Waals surface area (Å²) in [5.74, 6) is 0.431. The predicted octanol–water partition coefficient (Wildman–Crippen LogP) is 2.61. The van der Waals surface area contributed by atoms with Crippen molar-refractivity contribution in [1.82, 2.24) is 20.3 Å². The number of benzene rings is 1. The van der Waals surface area contributed by atoms with Crippen LogP contribution in [-0.4, -0.2) is 20.3 Å². The van der Waals surface area contributed by atoms with E-state index < -0.39 is 0 Å². The highest BCUT2D eigenvalue weighted by atomic mass is 79.9. The smallest absolute Gasteiger partial charge is 0.263 e. The maximum absolute atomic E-state index is 13.2. The zero-order valence-corrected chi connectivity index (χ0v) is 11.0. The van der Waals surface area contributed by atoms with Gasteiger partial charge >= 0.3 is 0 Å². The molecule has 0 amide bonds. The molecule has 3 rings (SSSR count). The molecule has 0 saturated carbocycles. The van der Waals surface area contributed by atoms with Gasteiger partial charge in [0.1, 0.15) is 17.2 Å². The lowest BCUT2D eigenvalue weighted by molar-refractivity contribution is 0.432. The number of aromatic amines is 1. The Morgan fingerprint density at radius 2 is 2.16 bits per heavy atom. The number of halogens is 2. The zero-order valence-electron chi connectivity index (χ0n) is 9.39. The molecule has 6 nitrogen and oxygen atoms in total. The van der Waals surface area contributed by atoms with Gasteiger partial charge in [-0.15, -0.1) is 0 Å². The minimum atomic E-state index is -0.382. The van der Waals surface area contributed by atoms with E-state index in [0.29, 0.717) is 21.4 Å². The molecule has 0 bridgehead atoms. The number of hydrogen-bond acceptors (Lipinski definition) is 5. The van der Waals surface area contributed by atoms with Crippen LogP contribution in [0.4, 0.5) is 10.2 Å². The number of rotatable bonds is 2. The largest absolute Gasteiger partial charge is 0.383 e. The molecular formula is C11H7BrFN5O. The van der Waals surface area contributed by atoms with Gasteiger partial charge in [0.25, 0.3) is 5.89 Å². The lowest BCUT2D eigenvalue weighted by Gasteiger charge is -1.98. The maximum Gasteiger partial charge on any atom is 0.263 e. The summed E-state index contributed by atoms with van der Waals surface area (Å²) in [5, 5.41) is 10.1. The lowest BCUT2D eigenvalue weighted by atomic mass is 10.2. The van der Waals surface area contributed by atoms with Crippen molar-refractivity contribution in [3.63, 3.8) is 0 Å². The van der Waals surface area contributed by atoms with Gasteiger partial charge in [-0.25, -0.2) is 4.39 Å². The van der Waals surface area contributed by atoms with Crippen LogP contribution in [0.15, 0.2) is 33.4 Å². The van der Waals surface area contributed by atoms with Crippen LogP contribution < -0.4 is 5.73 Å². The van der Waals surface area contributed by atoms with Gasteiger partial charge in [-0.2, -0.15) is 10.1 Å². The molecule has 0 unspecified atom stereocenters. The fraction of sp³-hybridized carbons (Fsp3) is 0. The van der Waals surface area contributed by atoms with Crippen molar-refractivity contribution >= 4 is 21.7 Å². The van der Waals surface area contributed by atoms with E-state index in [1.807, 2.05) is 0 Å². The van der Waals surface area contributed by atoms with Crippen molar-refractivity contribution in [2.45, 2.75) is 0 Å². The topological polar surface area (TPSA) is 93.6 Å². The van der Waals surface area contributed by atoms with E-state index in [9.17, 15) is 4.39 Å². The van der Waals surface area contributed by atoms with Crippen LogP contribution >= 0.6 is 15.9 Å². The number of hydrogen-bond donors (Lipinski definition) is 2. The van der Waals surface area contributed by atoms with E-state index in [1.165, 1.54) is 18.3 Å². The molecule has 0 aliphatic rings. The third kappa shape index (κ3) is 2.10. The van der Waals surface area contributed by atoms with Gasteiger partial charge < -0.3 is 10.3 Å². The fourth-order valence-corrected chi connectivity index (χ4v) is 2.00. The highest BCUT2D eigenvalue weighted by molar-refractivity contribution is 9.10. The number of nitrogen functional groups attached to an aromatic ring is 1. The van der Waals surface area contributed by atoms with Crippen molar-refractivity contribution in [3.8, 4) is 22.8 Å². The third-order valence-electron chi connectivity index (χ3n) is 2.49. The van der Waals surface area contributed by atoms with Crippen molar-refractivity contribution in [1.29, 1.82) is 0 Å². The Morgan fingerprint density at radius 3 is 2.89 bits per heavy atom. The van der Waals surface area contributed by atoms with Gasteiger partial charge in [0, 0.05) is 10.0 Å². The van der Waals surface area contributed by atoms with Crippen LogP contribution in [0.25, 0.3) is 22.8 Å². The second-order valence-corrected chi connectivity index (χ2v) is 4.60. The van der Waals surface area contributed by atoms with Crippen LogP contribution in [0.5, 0.6) is 0 Å². The average molecular weight is 324 g/mol. The molecule has 0 aliphatic carbocycles. The van der Waals surface area contributed by atoms with E-state index in [-0.39, 0.29) is 17.5 Å². The Hall–Kier alpha value is -2.22. The summed E-state index contributed by atoms with van der Waals surface area (Å²) in [4.78, 5) is 4.17. The number of nitrogens with one attached hydrogen (secondary N) is 1. The first-order valence-corrected chi connectivity index (χ1v) is 6.03. The van der Waals surface area contributed by atoms with Gasteiger partial charge in [0.05, 0.1) is 6.20 Å². The Balaban J connectivity index is 2.06. The van der Waals surface area contributed by atoms with E-state index in [2.05, 4.69) is 36.3 Å². The molecule has 0 fully saturated rings. The van der Waals surface area contributed by atoms with E-state index in [0.717, 1.165) is 0 Å². The van der Waals surface area contributed by atoms with Gasteiger partial charge in [-0.3, -0.25) is 5.10 Å². The molecule has 0 saturated heterocycles. The Bertz CT molecular complexity index is 738. The standard InChI is InChI=1S/C11H7BrFN5O/c12-8-2-1-5(13)3-6(8)10-16-11(19-18-10)7-4-15-17-9(7)14/h1-4H,(H3,14,15,17). The summed E-state index contributed by atoms with van der Waals surface area (Å²) in [7, 11) is 0. The highest BCUT2D eigenvalue weighted by Gasteiger charge is 2.16. The number of nitrogens with zero attached hydrogens (tertiary/aromatic N) is 3. The van der Waals surface area contributed by atoms with Crippen molar-refractivity contribution < 1.29 is 8.91 Å². The van der Waals surface area contributed by atoms with Gasteiger partial charge in [0.15, 0.2) is 0 Å². The zero-order chi connectivity index (χ0) is 13.4. The summed E-state index contributed by atoms with van der Waals surface area (Å²) < 4.78 is 19.0. The average Bonchev–Trinajstić information content (AvgIpc) is 3.00. The van der Waals surface area contributed by atoms with Gasteiger partial charge in [-0.05, 0) is 18.2 Å². The molecule has 0 aliphatic heterocycles. The Kier molecular flexibility index (Phi) is 2.79. The third-order valence-corrected chi connectivity index (χ3v) is 3.19. The number of nitrogens with two attached hydrogens (primary N) is 1. The molecule has 2 aromatic heterocycles. The molecule has 3 N–H and O–H groups in total. The van der Waals surface area contributed by atoms with E-state index in [4.69, 9.17) is 10.3 Å². The monoisotopic (exact) mass is 323 g/mol. The molecule has 3 aromatic rings. The summed E-state index contributed by atoms with van der Waals surface area (Å²) in [5.41, 5.74) is 6.66. The Labute approximate surface area is 115 Å². The molecule has 0 radical (unpaired) electrons. The maximum atomic E-state index is 13.2. The minimum Gasteiger partial charge on any atom is -0.383 e. The van der Waals surface area contributed by atoms with E-state index in [1.54, 1.807) is 6.07 Å². The number of aromatic nitrogens is 4. The molecule has 8 heteroatoms. The molecule has 19 heavy (non-hydrogen) atoms. The van der Waals surface area contributed by atoms with Crippen molar-refractivity contribution in [3.05, 3.63) is 34.7 Å². The van der Waals surface area contributed by atoms with Crippen LogP contribution in [0, 0.1) is 5.82 Å². The number of anilines is 1. The summed E-state index contributed by atoms with van der Waals surface area (Å²) in [6.45, 7) is 0. The molecule has 0 atom stereocenters. The van der Waals surface area contributed by atoms with E-state index >= 15 is 0 Å². The second kappa shape index (κ2) is 4.47. The summed E-state index contributed by atoms with van der Waals surface area (Å²) >= 11 is 3.31. The Morgan fingerprint density at radius 1 is 1.32 bits per heavy atom. The molecule has 0 spiro atoms. The van der Waals surface area contributed by atoms with Gasteiger partial charge in [0.2, 0.25) is 5.82 Å². The lowest BCUT2D eigenvalue weighted by Crippen LogP contribution is -1.88. The predicted molar refractivity (Wildman–Crippen MR) is 69.4 cm³/mol. The van der Waals surface area contributed by atoms with Crippen molar-refractivity contribution in [2.24, 2.45) is 0 Å². The summed E-state index contributed by atoms with van der Waals surface area (Å²) in [6.07, 6.45) is 1.48. The molecule has 96 valence electrons. The highest BCUT2D eigenvalue weighted by Crippen LogP contribution is 2.29. The normalized spacial score (nSPS) is 10.8. The van der Waals surface area contributed by atoms with Crippen LogP contribution in [-0.2, 0) is 0 Å². The van der Waals surface area contributed by atoms with Crippen LogP contribution in [0.3, 0.4) is 0 Å². The summed E-state index contributed by atoms with van der Waals surface area (Å²) in [6, 6.07) is 4.23. The first kappa shape index (κ1) is 11.8. The first-order chi connectivity index (χ1) is 9.15. The molecular weight excluding hydrogens is 317 g/mol.